The van der Waals surface area contributed by atoms with Gasteiger partial charge in [0.05, 0.1) is 11.4 Å². The Labute approximate surface area is 159 Å². The number of anilines is 2. The number of nitrogens with one attached hydrogen (secondary N) is 1. The van der Waals surface area contributed by atoms with Gasteiger partial charge in [0, 0.05) is 63.3 Å². The molecule has 6 heteroatoms. The Morgan fingerprint density at radius 3 is 2.63 bits per heavy atom. The normalized spacial score (nSPS) is 17.3. The van der Waals surface area contributed by atoms with Crippen LogP contribution in [0.2, 0.25) is 0 Å². The van der Waals surface area contributed by atoms with Crippen molar-refractivity contribution < 1.29 is 0 Å². The first kappa shape index (κ1) is 17.5. The number of pyridine rings is 1. The van der Waals surface area contributed by atoms with Gasteiger partial charge in [0.15, 0.2) is 0 Å². The minimum Gasteiger partial charge on any atom is -0.378 e. The molecule has 0 aliphatic carbocycles. The standard InChI is InChI=1S/C21H25N5O/c1-15-13-25(11-10-22-15)18-8-9-20-23-19(12-21(27)26(20)14-18)16-4-6-17(7-5-16)24(2)3/h4-9,12,14-15,22H,10-11,13H2,1-3H3/t15-/m0/s1. The lowest BCUT2D eigenvalue weighted by Gasteiger charge is -2.33. The number of fused-ring (bicyclic) bond motifs is 1. The molecular weight excluding hydrogens is 338 g/mol. The third-order valence-electron chi connectivity index (χ3n) is 5.06. The van der Waals surface area contributed by atoms with Crippen LogP contribution in [-0.4, -0.2) is 49.2 Å². The van der Waals surface area contributed by atoms with Crippen molar-refractivity contribution in [2.75, 3.05) is 43.5 Å². The predicted molar refractivity (Wildman–Crippen MR) is 111 cm³/mol. The lowest BCUT2D eigenvalue weighted by atomic mass is 10.1. The molecule has 2 aromatic heterocycles. The van der Waals surface area contributed by atoms with E-state index in [2.05, 4.69) is 23.2 Å². The zero-order valence-electron chi connectivity index (χ0n) is 16.0. The third kappa shape index (κ3) is 3.53. The summed E-state index contributed by atoms with van der Waals surface area (Å²) in [4.78, 5) is 21.8. The van der Waals surface area contributed by atoms with Crippen LogP contribution >= 0.6 is 0 Å². The van der Waals surface area contributed by atoms with Crippen LogP contribution in [0.1, 0.15) is 6.92 Å². The summed E-state index contributed by atoms with van der Waals surface area (Å²) >= 11 is 0. The van der Waals surface area contributed by atoms with Crippen molar-refractivity contribution in [1.82, 2.24) is 14.7 Å². The summed E-state index contributed by atoms with van der Waals surface area (Å²) in [5.41, 5.74) is 4.43. The molecule has 1 aliphatic heterocycles. The van der Waals surface area contributed by atoms with Gasteiger partial charge in [-0.05, 0) is 31.2 Å². The van der Waals surface area contributed by atoms with Gasteiger partial charge in [-0.25, -0.2) is 4.98 Å². The molecule has 1 saturated heterocycles. The first-order valence-electron chi connectivity index (χ1n) is 9.31. The van der Waals surface area contributed by atoms with Gasteiger partial charge in [0.2, 0.25) is 0 Å². The van der Waals surface area contributed by atoms with E-state index in [1.807, 2.05) is 55.5 Å². The van der Waals surface area contributed by atoms with Crippen molar-refractivity contribution in [2.45, 2.75) is 13.0 Å². The van der Waals surface area contributed by atoms with Gasteiger partial charge in [0.25, 0.3) is 5.56 Å². The fourth-order valence-corrected chi connectivity index (χ4v) is 3.52. The molecular formula is C21H25N5O. The fourth-order valence-electron chi connectivity index (χ4n) is 3.52. The molecule has 3 aromatic rings. The van der Waals surface area contributed by atoms with E-state index >= 15 is 0 Å². The Kier molecular flexibility index (Phi) is 4.58. The van der Waals surface area contributed by atoms with E-state index in [0.29, 0.717) is 17.4 Å². The van der Waals surface area contributed by atoms with Crippen molar-refractivity contribution in [3.63, 3.8) is 0 Å². The van der Waals surface area contributed by atoms with Crippen molar-refractivity contribution in [2.24, 2.45) is 0 Å². The van der Waals surface area contributed by atoms with Crippen LogP contribution in [0, 0.1) is 0 Å². The summed E-state index contributed by atoms with van der Waals surface area (Å²) in [6.45, 7) is 5.00. The Morgan fingerprint density at radius 1 is 1.15 bits per heavy atom. The zero-order chi connectivity index (χ0) is 19.0. The van der Waals surface area contributed by atoms with Crippen molar-refractivity contribution >= 4 is 17.0 Å². The second-order valence-electron chi connectivity index (χ2n) is 7.34. The molecule has 1 N–H and O–H groups in total. The molecule has 1 aliphatic rings. The summed E-state index contributed by atoms with van der Waals surface area (Å²) in [7, 11) is 4.01. The summed E-state index contributed by atoms with van der Waals surface area (Å²) in [5, 5.41) is 3.44. The molecule has 140 valence electrons. The van der Waals surface area contributed by atoms with Crippen LogP contribution in [0.5, 0.6) is 0 Å². The number of piperazine rings is 1. The minimum absolute atomic E-state index is 0.0586. The molecule has 0 amide bonds. The highest BCUT2D eigenvalue weighted by atomic mass is 16.1. The van der Waals surface area contributed by atoms with E-state index in [1.165, 1.54) is 0 Å². The smallest absolute Gasteiger partial charge is 0.258 e. The maximum atomic E-state index is 12.7. The Morgan fingerprint density at radius 2 is 1.93 bits per heavy atom. The van der Waals surface area contributed by atoms with Crippen LogP contribution in [0.3, 0.4) is 0 Å². The molecule has 1 aromatic carbocycles. The summed E-state index contributed by atoms with van der Waals surface area (Å²) in [6.07, 6.45) is 1.90. The fraction of sp³-hybridized carbons (Fsp3) is 0.333. The number of rotatable bonds is 3. The van der Waals surface area contributed by atoms with E-state index in [-0.39, 0.29) is 5.56 Å². The summed E-state index contributed by atoms with van der Waals surface area (Å²) < 4.78 is 1.64. The van der Waals surface area contributed by atoms with Gasteiger partial charge in [-0.3, -0.25) is 9.20 Å². The quantitative estimate of drug-likeness (QED) is 0.773. The van der Waals surface area contributed by atoms with Gasteiger partial charge < -0.3 is 15.1 Å². The minimum atomic E-state index is -0.0586. The second kappa shape index (κ2) is 7.04. The zero-order valence-corrected chi connectivity index (χ0v) is 16.0. The van der Waals surface area contributed by atoms with E-state index in [0.717, 1.165) is 36.6 Å². The van der Waals surface area contributed by atoms with Crippen molar-refractivity contribution in [1.29, 1.82) is 0 Å². The molecule has 27 heavy (non-hydrogen) atoms. The summed E-state index contributed by atoms with van der Waals surface area (Å²) in [5.74, 6) is 0. The van der Waals surface area contributed by atoms with Gasteiger partial charge >= 0.3 is 0 Å². The Hall–Kier alpha value is -2.86. The molecule has 0 radical (unpaired) electrons. The largest absolute Gasteiger partial charge is 0.378 e. The Balaban J connectivity index is 1.70. The average molecular weight is 363 g/mol. The van der Waals surface area contributed by atoms with Gasteiger partial charge in [-0.15, -0.1) is 0 Å². The average Bonchev–Trinajstić information content (AvgIpc) is 2.68. The number of benzene rings is 1. The van der Waals surface area contributed by atoms with Crippen LogP contribution < -0.4 is 20.7 Å². The molecule has 0 saturated carbocycles. The molecule has 3 heterocycles. The first-order chi connectivity index (χ1) is 13.0. The molecule has 0 unspecified atom stereocenters. The van der Waals surface area contributed by atoms with E-state index in [4.69, 9.17) is 4.98 Å². The lowest BCUT2D eigenvalue weighted by Crippen LogP contribution is -2.49. The molecule has 6 nitrogen and oxygen atoms in total. The van der Waals surface area contributed by atoms with Gasteiger partial charge in [0.1, 0.15) is 5.65 Å². The lowest BCUT2D eigenvalue weighted by molar-refractivity contribution is 0.484. The second-order valence-corrected chi connectivity index (χ2v) is 7.34. The highest BCUT2D eigenvalue weighted by Gasteiger charge is 2.16. The molecule has 1 atom stereocenters. The van der Waals surface area contributed by atoms with Crippen LogP contribution in [0.15, 0.2) is 53.5 Å². The maximum Gasteiger partial charge on any atom is 0.258 e. The molecule has 1 fully saturated rings. The van der Waals surface area contributed by atoms with Crippen molar-refractivity contribution in [3.05, 3.63) is 59.0 Å². The monoisotopic (exact) mass is 363 g/mol. The van der Waals surface area contributed by atoms with E-state index in [1.54, 1.807) is 10.5 Å². The summed E-state index contributed by atoms with van der Waals surface area (Å²) in [6, 6.07) is 14.1. The van der Waals surface area contributed by atoms with Crippen molar-refractivity contribution in [3.8, 4) is 11.3 Å². The highest BCUT2D eigenvalue weighted by Crippen LogP contribution is 2.21. The predicted octanol–water partition coefficient (Wildman–Crippen LogP) is 2.23. The van der Waals surface area contributed by atoms with Crippen LogP contribution in [0.4, 0.5) is 11.4 Å². The van der Waals surface area contributed by atoms with Crippen LogP contribution in [0.25, 0.3) is 16.9 Å². The first-order valence-corrected chi connectivity index (χ1v) is 9.31. The topological polar surface area (TPSA) is 52.9 Å². The third-order valence-corrected chi connectivity index (χ3v) is 5.06. The maximum absolute atomic E-state index is 12.7. The van der Waals surface area contributed by atoms with E-state index < -0.39 is 0 Å². The number of hydrogen-bond donors (Lipinski definition) is 1. The number of aromatic nitrogens is 2. The SMILES string of the molecule is C[C@H]1CN(c2ccc3nc(-c4ccc(N(C)C)cc4)cc(=O)n3c2)CCN1. The molecule has 4 rings (SSSR count). The molecule has 0 bridgehead atoms. The van der Waals surface area contributed by atoms with Crippen LogP contribution in [-0.2, 0) is 0 Å². The molecule has 0 spiro atoms. The van der Waals surface area contributed by atoms with Gasteiger partial charge in [-0.2, -0.15) is 0 Å². The highest BCUT2D eigenvalue weighted by molar-refractivity contribution is 5.65. The Bertz CT molecular complexity index is 1010. The number of hydrogen-bond acceptors (Lipinski definition) is 5. The van der Waals surface area contributed by atoms with E-state index in [9.17, 15) is 4.79 Å². The van der Waals surface area contributed by atoms with Gasteiger partial charge in [-0.1, -0.05) is 12.1 Å². The number of nitrogens with zero attached hydrogens (tertiary/aromatic N) is 4.